The van der Waals surface area contributed by atoms with Gasteiger partial charge in [-0.15, -0.1) is 0 Å². The van der Waals surface area contributed by atoms with E-state index in [-0.39, 0.29) is 74.6 Å². The van der Waals surface area contributed by atoms with Crippen LogP contribution in [0.2, 0.25) is 0 Å². The van der Waals surface area contributed by atoms with E-state index in [0.717, 1.165) is 0 Å². The summed E-state index contributed by atoms with van der Waals surface area (Å²) in [5.74, 6) is 0. The fourth-order valence-corrected chi connectivity index (χ4v) is 0. The minimum atomic E-state index is 0. The maximum Gasteiger partial charge on any atom is 2.00 e. The van der Waals surface area contributed by atoms with Gasteiger partial charge >= 0.3 is 47.0 Å². The van der Waals surface area contributed by atoms with Crippen molar-refractivity contribution in [1.29, 1.82) is 0 Å². The molecule has 0 spiro atoms. The Morgan fingerprint density at radius 1 is 1.00 bits per heavy atom. The number of rotatable bonds is 0. The van der Waals surface area contributed by atoms with Gasteiger partial charge in [0.25, 0.3) is 0 Å². The molecule has 0 fully saturated rings. The molecule has 0 rings (SSSR count). The molecule has 0 nitrogen and oxygen atoms in total. The van der Waals surface area contributed by atoms with Crippen molar-refractivity contribution in [2.75, 3.05) is 0 Å². The van der Waals surface area contributed by atoms with Crippen LogP contribution in [0.25, 0.3) is 0 Å². The summed E-state index contributed by atoms with van der Waals surface area (Å²) in [5, 5.41) is 0. The summed E-state index contributed by atoms with van der Waals surface area (Å²) in [4.78, 5) is 0. The van der Waals surface area contributed by atoms with Gasteiger partial charge in [-0.05, 0) is 0 Å². The molecule has 0 aliphatic heterocycles. The molecule has 0 atom stereocenters. The maximum atomic E-state index is 0. The van der Waals surface area contributed by atoms with E-state index in [0.29, 0.717) is 0 Å². The molecule has 0 aliphatic carbocycles. The summed E-state index contributed by atoms with van der Waals surface area (Å²) in [6, 6.07) is 0. The van der Waals surface area contributed by atoms with Crippen LogP contribution in [0.3, 0.4) is 0 Å². The van der Waals surface area contributed by atoms with Crippen LogP contribution in [-0.2, 0) is 0 Å². The molecule has 0 unspecified atom stereocenters. The summed E-state index contributed by atoms with van der Waals surface area (Å²) in [7, 11) is 0. The van der Waals surface area contributed by atoms with E-state index in [9.17, 15) is 0 Å². The van der Waals surface area contributed by atoms with E-state index in [1.807, 2.05) is 0 Å². The molecule has 0 saturated heterocycles. The first-order valence-corrected chi connectivity index (χ1v) is 0. The first kappa shape index (κ1) is 35.4. The Kier molecular flexibility index (Phi) is 170. The fourth-order valence-electron chi connectivity index (χ4n) is 0. The summed E-state index contributed by atoms with van der Waals surface area (Å²) < 4.78 is 0. The molecule has 0 aromatic heterocycles. The van der Waals surface area contributed by atoms with Gasteiger partial charge in [0, 0.05) is 0 Å². The number of halogens is 2. The summed E-state index contributed by atoms with van der Waals surface area (Å²) in [6.07, 6.45) is 0. The molecule has 4 heteroatoms. The Morgan fingerprint density at radius 2 is 1.00 bits per heavy atom. The molecule has 22 valence electrons. The number of hydrogen-bond acceptors (Lipinski definition) is 0. The SMILES string of the molecule is [Cl-].[Cl-].[H-].[H-].[Mg+2].[Sn+2]. The first-order valence-electron chi connectivity index (χ1n) is 0. The van der Waals surface area contributed by atoms with Crippen molar-refractivity contribution in [3.05, 3.63) is 0 Å². The van der Waals surface area contributed by atoms with Crippen LogP contribution in [0.5, 0.6) is 0 Å². The Labute approximate surface area is 74.0 Å². The van der Waals surface area contributed by atoms with Gasteiger partial charge in [-0.3, -0.25) is 0 Å². The Hall–Kier alpha value is 2.14. The quantitative estimate of drug-likeness (QED) is 0.353. The minimum absolute atomic E-state index is 0. The van der Waals surface area contributed by atoms with Crippen LogP contribution >= 0.6 is 0 Å². The van der Waals surface area contributed by atoms with Gasteiger partial charge in [-0.25, -0.2) is 0 Å². The number of hydrogen-bond donors (Lipinski definition) is 0. The molecule has 0 bridgehead atoms. The molecule has 0 aliphatic rings. The molecule has 0 saturated carbocycles. The fraction of sp³-hybridized carbons (Fsp3) is 0. The molecule has 4 heavy (non-hydrogen) atoms. The predicted octanol–water partition coefficient (Wildman–Crippen LogP) is -6.53. The predicted molar refractivity (Wildman–Crippen MR) is 13.7 cm³/mol. The van der Waals surface area contributed by atoms with Crippen LogP contribution in [-0.4, -0.2) is 47.0 Å². The van der Waals surface area contributed by atoms with Crippen molar-refractivity contribution in [2.24, 2.45) is 0 Å². The van der Waals surface area contributed by atoms with Crippen molar-refractivity contribution in [1.82, 2.24) is 0 Å². The van der Waals surface area contributed by atoms with Gasteiger partial charge in [0.15, 0.2) is 0 Å². The van der Waals surface area contributed by atoms with Crippen molar-refractivity contribution in [3.8, 4) is 0 Å². The van der Waals surface area contributed by atoms with Crippen molar-refractivity contribution in [2.45, 2.75) is 0 Å². The van der Waals surface area contributed by atoms with Crippen molar-refractivity contribution in [3.63, 3.8) is 0 Å². The average molecular weight is 216 g/mol. The van der Waals surface area contributed by atoms with Crippen LogP contribution < -0.4 is 24.8 Å². The zero-order chi connectivity index (χ0) is 0. The third kappa shape index (κ3) is 8.91. The third-order valence-corrected chi connectivity index (χ3v) is 0. The van der Waals surface area contributed by atoms with Crippen LogP contribution in [0, 0.1) is 0 Å². The molecule has 0 aromatic carbocycles. The standard InChI is InChI=1S/2ClH.Mg.Sn.2H/h2*1H;;;;/q;;2*+2;2*-1/p-2. The van der Waals surface area contributed by atoms with Gasteiger partial charge in [-0.2, -0.15) is 0 Å². The minimum Gasteiger partial charge on any atom is -1.00 e. The van der Waals surface area contributed by atoms with Crippen molar-refractivity contribution >= 4 is 47.0 Å². The van der Waals surface area contributed by atoms with Gasteiger partial charge in [-0.1, -0.05) is 0 Å². The van der Waals surface area contributed by atoms with Gasteiger partial charge < -0.3 is 27.7 Å². The van der Waals surface area contributed by atoms with E-state index in [2.05, 4.69) is 0 Å². The van der Waals surface area contributed by atoms with Gasteiger partial charge in [0.05, 0.1) is 0 Å². The molecule has 0 heterocycles. The Balaban J connectivity index is 0. The second kappa shape index (κ2) is 19.2. The van der Waals surface area contributed by atoms with Gasteiger partial charge in [0.1, 0.15) is 0 Å². The zero-order valence-electron chi connectivity index (χ0n) is 3.96. The molecule has 2 radical (unpaired) electrons. The second-order valence-corrected chi connectivity index (χ2v) is 0. The largest absolute Gasteiger partial charge is 2.00 e. The van der Waals surface area contributed by atoms with Gasteiger partial charge in [0.2, 0.25) is 0 Å². The Morgan fingerprint density at radius 3 is 1.00 bits per heavy atom. The average Bonchev–Trinajstić information content (AvgIpc) is 0. The summed E-state index contributed by atoms with van der Waals surface area (Å²) in [6.45, 7) is 0. The monoisotopic (exact) mass is 216 g/mol. The van der Waals surface area contributed by atoms with Crippen molar-refractivity contribution < 1.29 is 27.7 Å². The third-order valence-electron chi connectivity index (χ3n) is 0. The van der Waals surface area contributed by atoms with E-state index in [1.165, 1.54) is 0 Å². The van der Waals surface area contributed by atoms with Crippen LogP contribution in [0.1, 0.15) is 2.85 Å². The van der Waals surface area contributed by atoms with Crippen LogP contribution in [0.15, 0.2) is 0 Å². The van der Waals surface area contributed by atoms with E-state index in [4.69, 9.17) is 0 Å². The Bertz CT molecular complexity index is 11.5. The molecular weight excluding hydrogens is 214 g/mol. The first-order chi connectivity index (χ1) is 0. The van der Waals surface area contributed by atoms with E-state index >= 15 is 0 Å². The zero-order valence-corrected chi connectivity index (χ0v) is 7.74. The molecule has 0 N–H and O–H groups in total. The summed E-state index contributed by atoms with van der Waals surface area (Å²) >= 11 is 0. The summed E-state index contributed by atoms with van der Waals surface area (Å²) in [5.41, 5.74) is 0. The maximum absolute atomic E-state index is 0. The van der Waals surface area contributed by atoms with E-state index in [1.54, 1.807) is 0 Å². The topological polar surface area (TPSA) is 0 Å². The molecular formula is H2Cl2MgSn. The smallest absolute Gasteiger partial charge is 1.00 e. The molecule has 0 aromatic rings. The normalized spacial score (nSPS) is 0. The van der Waals surface area contributed by atoms with E-state index < -0.39 is 0 Å². The second-order valence-electron chi connectivity index (χ2n) is 0. The van der Waals surface area contributed by atoms with Crippen LogP contribution in [0.4, 0.5) is 0 Å². The molecule has 0 amide bonds.